The number of aromatic nitrogens is 3. The first-order chi connectivity index (χ1) is 12.5. The molecule has 3 aromatic rings. The van der Waals surface area contributed by atoms with Gasteiger partial charge in [-0.1, -0.05) is 42.1 Å². The Labute approximate surface area is 156 Å². The highest BCUT2D eigenvalue weighted by Gasteiger charge is 2.16. The molecule has 136 valence electrons. The molecule has 0 aliphatic heterocycles. The molecule has 1 aromatic carbocycles. The Bertz CT molecular complexity index is 976. The summed E-state index contributed by atoms with van der Waals surface area (Å²) in [6.07, 6.45) is 0. The highest BCUT2D eigenvalue weighted by Crippen LogP contribution is 2.21. The number of aryl methyl sites for hydroxylation is 1. The van der Waals surface area contributed by atoms with E-state index < -0.39 is 0 Å². The van der Waals surface area contributed by atoms with E-state index in [4.69, 9.17) is 0 Å². The van der Waals surface area contributed by atoms with E-state index in [1.807, 2.05) is 57.2 Å². The minimum Gasteiger partial charge on any atom is -0.353 e. The van der Waals surface area contributed by atoms with Crippen molar-refractivity contribution in [3.8, 4) is 0 Å². The summed E-state index contributed by atoms with van der Waals surface area (Å²) < 4.78 is 1.63. The zero-order valence-electron chi connectivity index (χ0n) is 15.1. The van der Waals surface area contributed by atoms with Gasteiger partial charge < -0.3 is 10.3 Å². The second kappa shape index (κ2) is 7.78. The number of nitrogens with zero attached hydrogens (tertiary/aromatic N) is 2. The normalized spacial score (nSPS) is 11.2. The zero-order valence-corrected chi connectivity index (χ0v) is 15.9. The van der Waals surface area contributed by atoms with Crippen LogP contribution in [0.4, 0.5) is 0 Å². The molecular weight excluding hydrogens is 348 g/mol. The summed E-state index contributed by atoms with van der Waals surface area (Å²) in [5, 5.41) is 3.45. The number of hydrogen-bond acceptors (Lipinski definition) is 4. The lowest BCUT2D eigenvalue weighted by Gasteiger charge is -2.15. The molecule has 0 spiro atoms. The summed E-state index contributed by atoms with van der Waals surface area (Å²) in [6, 6.07) is 11.6. The van der Waals surface area contributed by atoms with Gasteiger partial charge in [-0.2, -0.15) is 0 Å². The quantitative estimate of drug-likeness (QED) is 0.516. The van der Waals surface area contributed by atoms with Crippen LogP contribution in [0.3, 0.4) is 0 Å². The van der Waals surface area contributed by atoms with Gasteiger partial charge in [0.2, 0.25) is 5.91 Å². The van der Waals surface area contributed by atoms with Crippen molar-refractivity contribution in [1.82, 2.24) is 19.9 Å². The third-order valence-electron chi connectivity index (χ3n) is 3.97. The summed E-state index contributed by atoms with van der Waals surface area (Å²) in [6.45, 7) is 6.25. The molecule has 7 heteroatoms. The minimum absolute atomic E-state index is 0.0436. The number of benzene rings is 1. The molecule has 0 aliphatic carbocycles. The first-order valence-electron chi connectivity index (χ1n) is 8.51. The second-order valence-corrected chi connectivity index (χ2v) is 7.37. The van der Waals surface area contributed by atoms with Crippen LogP contribution in [0.2, 0.25) is 0 Å². The third-order valence-corrected chi connectivity index (χ3v) is 4.92. The number of carbonyl (C=O) groups excluding carboxylic acids is 1. The SMILES string of the molecule is Cc1cc2nc(SCC(=O)NCc3ccccc3)n(C(C)C)c(=O)c2[nH]1. The van der Waals surface area contributed by atoms with E-state index >= 15 is 0 Å². The molecule has 2 aromatic heterocycles. The van der Waals surface area contributed by atoms with Crippen LogP contribution in [0.5, 0.6) is 0 Å². The maximum Gasteiger partial charge on any atom is 0.278 e. The van der Waals surface area contributed by atoms with Gasteiger partial charge in [0.05, 0.1) is 11.3 Å². The van der Waals surface area contributed by atoms with Crippen LogP contribution in [0.15, 0.2) is 46.3 Å². The standard InChI is InChI=1S/C19H22N4O2S/c1-12(2)23-18(25)17-15(9-13(3)21-17)22-19(23)26-11-16(24)20-10-14-7-5-4-6-8-14/h4-9,12,21H,10-11H2,1-3H3,(H,20,24). The van der Waals surface area contributed by atoms with E-state index in [-0.39, 0.29) is 23.3 Å². The summed E-state index contributed by atoms with van der Waals surface area (Å²) in [5.41, 5.74) is 2.98. The van der Waals surface area contributed by atoms with Crippen molar-refractivity contribution >= 4 is 28.7 Å². The van der Waals surface area contributed by atoms with E-state index in [0.717, 1.165) is 11.3 Å². The molecule has 0 saturated carbocycles. The van der Waals surface area contributed by atoms with Crippen molar-refractivity contribution in [3.63, 3.8) is 0 Å². The van der Waals surface area contributed by atoms with Crippen LogP contribution in [0, 0.1) is 6.92 Å². The monoisotopic (exact) mass is 370 g/mol. The summed E-state index contributed by atoms with van der Waals surface area (Å²) >= 11 is 1.28. The maximum atomic E-state index is 12.7. The predicted octanol–water partition coefficient (Wildman–Crippen LogP) is 3.02. The summed E-state index contributed by atoms with van der Waals surface area (Å²) in [4.78, 5) is 32.6. The number of thioether (sulfide) groups is 1. The van der Waals surface area contributed by atoms with Crippen molar-refractivity contribution in [2.45, 2.75) is 38.5 Å². The van der Waals surface area contributed by atoms with Crippen LogP contribution in [0.25, 0.3) is 11.0 Å². The average molecular weight is 370 g/mol. The van der Waals surface area contributed by atoms with Crippen molar-refractivity contribution < 1.29 is 4.79 Å². The van der Waals surface area contributed by atoms with Crippen molar-refractivity contribution in [3.05, 3.63) is 58.0 Å². The fraction of sp³-hybridized carbons (Fsp3) is 0.316. The van der Waals surface area contributed by atoms with Gasteiger partial charge in [-0.05, 0) is 32.4 Å². The van der Waals surface area contributed by atoms with Crippen LogP contribution in [-0.4, -0.2) is 26.2 Å². The van der Waals surface area contributed by atoms with Gasteiger partial charge >= 0.3 is 0 Å². The number of hydrogen-bond donors (Lipinski definition) is 2. The van der Waals surface area contributed by atoms with Crippen LogP contribution in [0.1, 0.15) is 31.1 Å². The molecule has 0 unspecified atom stereocenters. The van der Waals surface area contributed by atoms with Crippen LogP contribution in [-0.2, 0) is 11.3 Å². The van der Waals surface area contributed by atoms with Gasteiger partial charge in [0, 0.05) is 18.3 Å². The lowest BCUT2D eigenvalue weighted by Crippen LogP contribution is -2.27. The number of fused-ring (bicyclic) bond motifs is 1. The fourth-order valence-corrected chi connectivity index (χ4v) is 3.68. The van der Waals surface area contributed by atoms with Gasteiger partial charge in [0.1, 0.15) is 5.52 Å². The first-order valence-corrected chi connectivity index (χ1v) is 9.49. The third kappa shape index (κ3) is 3.99. The number of aromatic amines is 1. The smallest absolute Gasteiger partial charge is 0.278 e. The van der Waals surface area contributed by atoms with Gasteiger partial charge in [0.15, 0.2) is 5.16 Å². The molecule has 1 amide bonds. The number of amides is 1. The topological polar surface area (TPSA) is 79.8 Å². The number of carbonyl (C=O) groups is 1. The highest BCUT2D eigenvalue weighted by molar-refractivity contribution is 7.99. The minimum atomic E-state index is -0.106. The Morgan fingerprint density at radius 2 is 2.04 bits per heavy atom. The van der Waals surface area contributed by atoms with E-state index in [2.05, 4.69) is 15.3 Å². The van der Waals surface area contributed by atoms with E-state index in [0.29, 0.717) is 22.7 Å². The Morgan fingerprint density at radius 1 is 1.31 bits per heavy atom. The molecule has 0 atom stereocenters. The van der Waals surface area contributed by atoms with Gasteiger partial charge in [-0.15, -0.1) is 0 Å². The maximum absolute atomic E-state index is 12.7. The van der Waals surface area contributed by atoms with Crippen LogP contribution < -0.4 is 10.9 Å². The average Bonchev–Trinajstić information content (AvgIpc) is 2.99. The molecule has 2 heterocycles. The van der Waals surface area contributed by atoms with E-state index in [1.54, 1.807) is 4.57 Å². The highest BCUT2D eigenvalue weighted by atomic mass is 32.2. The van der Waals surface area contributed by atoms with Gasteiger partial charge in [-0.25, -0.2) is 4.98 Å². The molecule has 0 saturated heterocycles. The molecule has 0 bridgehead atoms. The molecule has 0 radical (unpaired) electrons. The molecule has 0 aliphatic rings. The summed E-state index contributed by atoms with van der Waals surface area (Å²) in [5.74, 6) is 0.120. The van der Waals surface area contributed by atoms with Crippen molar-refractivity contribution in [2.24, 2.45) is 0 Å². The Balaban J connectivity index is 1.74. The lowest BCUT2D eigenvalue weighted by molar-refractivity contribution is -0.118. The Hall–Kier alpha value is -2.54. The molecule has 6 nitrogen and oxygen atoms in total. The van der Waals surface area contributed by atoms with Gasteiger partial charge in [-0.3, -0.25) is 14.2 Å². The van der Waals surface area contributed by atoms with E-state index in [9.17, 15) is 9.59 Å². The first kappa shape index (κ1) is 18.3. The molecule has 0 fully saturated rings. The van der Waals surface area contributed by atoms with Crippen molar-refractivity contribution in [1.29, 1.82) is 0 Å². The fourth-order valence-electron chi connectivity index (χ4n) is 2.72. The lowest BCUT2D eigenvalue weighted by atomic mass is 10.2. The number of H-pyrrole nitrogens is 1. The van der Waals surface area contributed by atoms with Gasteiger partial charge in [0.25, 0.3) is 5.56 Å². The second-order valence-electron chi connectivity index (χ2n) is 6.43. The molecule has 3 rings (SSSR count). The van der Waals surface area contributed by atoms with E-state index in [1.165, 1.54) is 11.8 Å². The van der Waals surface area contributed by atoms with Crippen LogP contribution >= 0.6 is 11.8 Å². The Morgan fingerprint density at radius 3 is 2.73 bits per heavy atom. The van der Waals surface area contributed by atoms with Crippen molar-refractivity contribution in [2.75, 3.05) is 5.75 Å². The molecular formula is C19H22N4O2S. The Kier molecular flexibility index (Phi) is 5.46. The molecule has 2 N–H and O–H groups in total. The predicted molar refractivity (Wildman–Crippen MR) is 104 cm³/mol. The number of rotatable bonds is 6. The molecule has 26 heavy (non-hydrogen) atoms. The zero-order chi connectivity index (χ0) is 18.7. The largest absolute Gasteiger partial charge is 0.353 e. The number of nitrogens with one attached hydrogen (secondary N) is 2. The summed E-state index contributed by atoms with van der Waals surface area (Å²) in [7, 11) is 0.